The molecule has 1 amide bonds. The Morgan fingerprint density at radius 2 is 2.05 bits per heavy atom. The van der Waals surface area contributed by atoms with Crippen molar-refractivity contribution in [1.82, 2.24) is 4.90 Å². The molecular weight excluding hydrogens is 266 g/mol. The van der Waals surface area contributed by atoms with Crippen LogP contribution in [-0.4, -0.2) is 28.5 Å². The van der Waals surface area contributed by atoms with Crippen molar-refractivity contribution >= 4 is 11.9 Å². The molecule has 0 bridgehead atoms. The highest BCUT2D eigenvalue weighted by atomic mass is 16.6. The SMILES string of the molecule is C=CC[C@@]1(C)C(=O)O[C@H](C(C)C)N1C(=O)c1ccccc1. The second-order valence-electron chi connectivity index (χ2n) is 5.85. The van der Waals surface area contributed by atoms with Crippen LogP contribution in [0.5, 0.6) is 0 Å². The Morgan fingerprint density at radius 3 is 2.57 bits per heavy atom. The summed E-state index contributed by atoms with van der Waals surface area (Å²) in [7, 11) is 0. The molecule has 0 radical (unpaired) electrons. The van der Waals surface area contributed by atoms with Gasteiger partial charge in [-0.15, -0.1) is 6.58 Å². The summed E-state index contributed by atoms with van der Waals surface area (Å²) in [5.41, 5.74) is -0.444. The van der Waals surface area contributed by atoms with Crippen molar-refractivity contribution in [2.24, 2.45) is 5.92 Å². The first-order chi connectivity index (χ1) is 9.91. The van der Waals surface area contributed by atoms with Crippen LogP contribution in [0.4, 0.5) is 0 Å². The molecule has 1 aliphatic rings. The molecule has 112 valence electrons. The van der Waals surface area contributed by atoms with Gasteiger partial charge in [-0.3, -0.25) is 9.69 Å². The van der Waals surface area contributed by atoms with Crippen LogP contribution in [0.2, 0.25) is 0 Å². The highest BCUT2D eigenvalue weighted by molar-refractivity contribution is 5.99. The average Bonchev–Trinajstić information content (AvgIpc) is 2.72. The minimum absolute atomic E-state index is 0.0215. The molecule has 2 atom stereocenters. The van der Waals surface area contributed by atoms with Crippen LogP contribution in [0.25, 0.3) is 0 Å². The number of benzene rings is 1. The lowest BCUT2D eigenvalue weighted by atomic mass is 9.94. The molecular formula is C17H21NO3. The Balaban J connectivity index is 2.45. The predicted octanol–water partition coefficient (Wildman–Crippen LogP) is 3.00. The summed E-state index contributed by atoms with van der Waals surface area (Å²) in [6.45, 7) is 9.30. The predicted molar refractivity (Wildman–Crippen MR) is 80.5 cm³/mol. The van der Waals surface area contributed by atoms with E-state index in [9.17, 15) is 9.59 Å². The van der Waals surface area contributed by atoms with Crippen molar-refractivity contribution < 1.29 is 14.3 Å². The van der Waals surface area contributed by atoms with Gasteiger partial charge in [0.15, 0.2) is 6.23 Å². The maximum Gasteiger partial charge on any atom is 0.334 e. The third kappa shape index (κ3) is 2.58. The molecule has 0 saturated carbocycles. The smallest absolute Gasteiger partial charge is 0.334 e. The number of esters is 1. The lowest BCUT2D eigenvalue weighted by Gasteiger charge is -2.34. The van der Waals surface area contributed by atoms with E-state index in [1.54, 1.807) is 42.2 Å². The van der Waals surface area contributed by atoms with Gasteiger partial charge in [0.2, 0.25) is 0 Å². The summed E-state index contributed by atoms with van der Waals surface area (Å²) in [6, 6.07) is 8.96. The molecule has 1 saturated heterocycles. The highest BCUT2D eigenvalue weighted by Crippen LogP contribution is 2.36. The van der Waals surface area contributed by atoms with Gasteiger partial charge in [-0.2, -0.15) is 0 Å². The Hall–Kier alpha value is -2.10. The fourth-order valence-corrected chi connectivity index (χ4v) is 2.62. The fraction of sp³-hybridized carbons (Fsp3) is 0.412. The van der Waals surface area contributed by atoms with Crippen LogP contribution >= 0.6 is 0 Å². The van der Waals surface area contributed by atoms with E-state index in [0.29, 0.717) is 12.0 Å². The topological polar surface area (TPSA) is 46.6 Å². The molecule has 21 heavy (non-hydrogen) atoms. The first kappa shape index (κ1) is 15.3. The van der Waals surface area contributed by atoms with Crippen molar-refractivity contribution in [2.45, 2.75) is 39.0 Å². The van der Waals surface area contributed by atoms with Crippen molar-refractivity contribution in [2.75, 3.05) is 0 Å². The number of hydrogen-bond acceptors (Lipinski definition) is 3. The van der Waals surface area contributed by atoms with Gasteiger partial charge in [0.1, 0.15) is 5.54 Å². The monoisotopic (exact) mass is 287 g/mol. The number of rotatable bonds is 4. The van der Waals surface area contributed by atoms with E-state index in [2.05, 4.69) is 6.58 Å². The van der Waals surface area contributed by atoms with Gasteiger partial charge in [-0.1, -0.05) is 38.1 Å². The van der Waals surface area contributed by atoms with E-state index in [1.165, 1.54) is 0 Å². The largest absolute Gasteiger partial charge is 0.439 e. The van der Waals surface area contributed by atoms with E-state index < -0.39 is 11.8 Å². The Morgan fingerprint density at radius 1 is 1.43 bits per heavy atom. The first-order valence-electron chi connectivity index (χ1n) is 7.12. The van der Waals surface area contributed by atoms with E-state index in [0.717, 1.165) is 0 Å². The normalized spacial score (nSPS) is 25.0. The van der Waals surface area contributed by atoms with Crippen LogP contribution in [0.1, 0.15) is 37.6 Å². The lowest BCUT2D eigenvalue weighted by Crippen LogP contribution is -2.52. The molecule has 1 aromatic rings. The van der Waals surface area contributed by atoms with Gasteiger partial charge in [-0.25, -0.2) is 4.79 Å². The van der Waals surface area contributed by atoms with Crippen molar-refractivity contribution in [3.63, 3.8) is 0 Å². The van der Waals surface area contributed by atoms with Gasteiger partial charge >= 0.3 is 5.97 Å². The third-order valence-electron chi connectivity index (χ3n) is 3.81. The molecule has 1 fully saturated rings. The fourth-order valence-electron chi connectivity index (χ4n) is 2.62. The van der Waals surface area contributed by atoms with Crippen LogP contribution in [0.15, 0.2) is 43.0 Å². The van der Waals surface area contributed by atoms with Gasteiger partial charge in [0, 0.05) is 11.5 Å². The molecule has 4 nitrogen and oxygen atoms in total. The Bertz CT molecular complexity index is 552. The molecule has 0 spiro atoms. The van der Waals surface area contributed by atoms with Crippen molar-refractivity contribution in [3.05, 3.63) is 48.6 Å². The molecule has 2 rings (SSSR count). The van der Waals surface area contributed by atoms with E-state index >= 15 is 0 Å². The van der Waals surface area contributed by atoms with E-state index in [4.69, 9.17) is 4.74 Å². The second kappa shape index (κ2) is 5.72. The van der Waals surface area contributed by atoms with Gasteiger partial charge in [0.05, 0.1) is 0 Å². The van der Waals surface area contributed by atoms with Crippen molar-refractivity contribution in [3.8, 4) is 0 Å². The minimum atomic E-state index is -0.996. The molecule has 0 N–H and O–H groups in total. The summed E-state index contributed by atoms with van der Waals surface area (Å²) >= 11 is 0. The first-order valence-corrected chi connectivity index (χ1v) is 7.12. The molecule has 4 heteroatoms. The standard InChI is InChI=1S/C17H21NO3/c1-5-11-17(4)16(20)21-15(12(2)3)18(17)14(19)13-9-7-6-8-10-13/h5-10,12,15H,1,11H2,2-4H3/t15-,17+/m1/s1. The summed E-state index contributed by atoms with van der Waals surface area (Å²) in [5, 5.41) is 0. The number of ether oxygens (including phenoxy) is 1. The molecule has 1 heterocycles. The average molecular weight is 287 g/mol. The number of cyclic esters (lactones) is 1. The molecule has 1 aromatic carbocycles. The zero-order valence-electron chi connectivity index (χ0n) is 12.7. The quantitative estimate of drug-likeness (QED) is 0.631. The van der Waals surface area contributed by atoms with E-state index in [1.807, 2.05) is 19.9 Å². The lowest BCUT2D eigenvalue weighted by molar-refractivity contribution is -0.146. The summed E-state index contributed by atoms with van der Waals surface area (Å²) in [5.74, 6) is -0.539. The zero-order valence-corrected chi connectivity index (χ0v) is 12.7. The molecule has 1 aliphatic heterocycles. The zero-order chi connectivity index (χ0) is 15.6. The number of nitrogens with zero attached hydrogens (tertiary/aromatic N) is 1. The van der Waals surface area contributed by atoms with Gasteiger partial charge < -0.3 is 4.74 Å². The van der Waals surface area contributed by atoms with Gasteiger partial charge in [0.25, 0.3) is 5.91 Å². The number of carbonyl (C=O) groups excluding carboxylic acids is 2. The molecule has 0 aromatic heterocycles. The van der Waals surface area contributed by atoms with Gasteiger partial charge in [-0.05, 0) is 25.5 Å². The second-order valence-corrected chi connectivity index (χ2v) is 5.85. The van der Waals surface area contributed by atoms with Crippen LogP contribution in [0.3, 0.4) is 0 Å². The van der Waals surface area contributed by atoms with E-state index in [-0.39, 0.29) is 17.8 Å². The third-order valence-corrected chi connectivity index (χ3v) is 3.81. The minimum Gasteiger partial charge on any atom is -0.439 e. The molecule has 0 aliphatic carbocycles. The van der Waals surface area contributed by atoms with Crippen LogP contribution in [-0.2, 0) is 9.53 Å². The summed E-state index contributed by atoms with van der Waals surface area (Å²) < 4.78 is 5.46. The summed E-state index contributed by atoms with van der Waals surface area (Å²) in [6.07, 6.45) is 1.47. The molecule has 0 unspecified atom stereocenters. The maximum atomic E-state index is 12.9. The summed E-state index contributed by atoms with van der Waals surface area (Å²) in [4.78, 5) is 26.7. The highest BCUT2D eigenvalue weighted by Gasteiger charge is 2.54. The number of amides is 1. The van der Waals surface area contributed by atoms with Crippen LogP contribution < -0.4 is 0 Å². The Labute approximate surface area is 125 Å². The maximum absolute atomic E-state index is 12.9. The Kier molecular flexibility index (Phi) is 4.16. The number of carbonyl (C=O) groups is 2. The van der Waals surface area contributed by atoms with Crippen LogP contribution in [0, 0.1) is 5.92 Å². The number of hydrogen-bond donors (Lipinski definition) is 0. The van der Waals surface area contributed by atoms with Crippen molar-refractivity contribution in [1.29, 1.82) is 0 Å².